The van der Waals surface area contributed by atoms with Crippen molar-refractivity contribution in [2.45, 2.75) is 23.5 Å². The number of amides is 1. The molecule has 3 aromatic rings. The van der Waals surface area contributed by atoms with E-state index in [1.54, 1.807) is 36.4 Å². The summed E-state index contributed by atoms with van der Waals surface area (Å²) in [6, 6.07) is 16.9. The lowest BCUT2D eigenvalue weighted by atomic mass is 9.99. The molecule has 39 heavy (non-hydrogen) atoms. The molecule has 1 atom stereocenters. The van der Waals surface area contributed by atoms with E-state index < -0.39 is 26.0 Å². The number of carbonyl (C=O) groups excluding carboxylic acids is 1. The second kappa shape index (κ2) is 12.1. The number of ether oxygens (including phenoxy) is 1. The maximum Gasteiger partial charge on any atom is 0.261 e. The van der Waals surface area contributed by atoms with Gasteiger partial charge in [0.05, 0.1) is 33.7 Å². The minimum absolute atomic E-state index is 0.0218. The predicted octanol–water partition coefficient (Wildman–Crippen LogP) is 4.98. The van der Waals surface area contributed by atoms with Gasteiger partial charge in [-0.15, -0.1) is 0 Å². The Balaban J connectivity index is 1.37. The molecule has 2 N–H and O–H groups in total. The molecule has 0 unspecified atom stereocenters. The van der Waals surface area contributed by atoms with E-state index in [0.717, 1.165) is 0 Å². The fourth-order valence-corrected chi connectivity index (χ4v) is 7.15. The molecule has 0 radical (unpaired) electrons. The Hall–Kier alpha value is -2.83. The number of anilines is 2. The summed E-state index contributed by atoms with van der Waals surface area (Å²) < 4.78 is 60.4. The summed E-state index contributed by atoms with van der Waals surface area (Å²) in [5, 5.41) is 3.38. The largest absolute Gasteiger partial charge is 0.497 e. The molecule has 0 spiro atoms. The van der Waals surface area contributed by atoms with Gasteiger partial charge in [0.1, 0.15) is 5.75 Å². The second-order valence-corrected chi connectivity index (χ2v) is 13.5. The van der Waals surface area contributed by atoms with Crippen molar-refractivity contribution in [1.29, 1.82) is 0 Å². The molecule has 1 aliphatic heterocycles. The van der Waals surface area contributed by atoms with E-state index >= 15 is 0 Å². The summed E-state index contributed by atoms with van der Waals surface area (Å²) in [7, 11) is -6.01. The molecule has 0 saturated carbocycles. The Morgan fingerprint density at radius 1 is 0.949 bits per heavy atom. The highest BCUT2D eigenvalue weighted by Crippen LogP contribution is 2.27. The second-order valence-electron chi connectivity index (χ2n) is 9.05. The molecule has 0 aromatic heterocycles. The summed E-state index contributed by atoms with van der Waals surface area (Å²) >= 11 is 11.9. The van der Waals surface area contributed by atoms with Crippen molar-refractivity contribution < 1.29 is 26.4 Å². The van der Waals surface area contributed by atoms with Crippen molar-refractivity contribution in [3.63, 3.8) is 0 Å². The van der Waals surface area contributed by atoms with E-state index in [9.17, 15) is 21.6 Å². The van der Waals surface area contributed by atoms with Crippen LogP contribution < -0.4 is 14.8 Å². The Kier molecular flexibility index (Phi) is 9.07. The number of halogens is 2. The van der Waals surface area contributed by atoms with Crippen molar-refractivity contribution >= 4 is 60.5 Å². The number of nitrogens with zero attached hydrogens (tertiary/aromatic N) is 1. The quantitative estimate of drug-likeness (QED) is 0.352. The van der Waals surface area contributed by atoms with Crippen molar-refractivity contribution in [2.24, 2.45) is 5.92 Å². The van der Waals surface area contributed by atoms with Crippen LogP contribution in [0.1, 0.15) is 18.4 Å². The van der Waals surface area contributed by atoms with Crippen LogP contribution in [0, 0.1) is 5.92 Å². The van der Waals surface area contributed by atoms with Gasteiger partial charge in [-0.05, 0) is 79.1 Å². The van der Waals surface area contributed by atoms with Gasteiger partial charge in [0.15, 0.2) is 0 Å². The number of nitrogens with one attached hydrogen (secondary N) is 2. The molecule has 13 heteroatoms. The van der Waals surface area contributed by atoms with Gasteiger partial charge >= 0.3 is 0 Å². The standard InChI is InChI=1S/C26H27Cl2N3O6S2/c1-37-22-9-5-21(6-10-22)30-39(35,36)23-11-7-20(8-12-23)29-26(32)19-3-2-14-31(16-19)38(33,34)17-18-4-13-24(27)25(28)15-18/h4-13,15,19,30H,2-3,14,16-17H2,1H3,(H,29,32)/t19-/m1/s1. The zero-order chi connectivity index (χ0) is 28.2. The average molecular weight is 613 g/mol. The van der Waals surface area contributed by atoms with Crippen LogP contribution in [0.2, 0.25) is 10.0 Å². The fraction of sp³-hybridized carbons (Fsp3) is 0.269. The van der Waals surface area contributed by atoms with E-state index in [1.807, 2.05) is 0 Å². The van der Waals surface area contributed by atoms with Crippen molar-refractivity contribution in [3.8, 4) is 5.75 Å². The number of sulfonamides is 2. The Morgan fingerprint density at radius 2 is 1.62 bits per heavy atom. The lowest BCUT2D eigenvalue weighted by molar-refractivity contribution is -0.120. The van der Waals surface area contributed by atoms with Crippen LogP contribution >= 0.6 is 23.2 Å². The van der Waals surface area contributed by atoms with Crippen molar-refractivity contribution in [3.05, 3.63) is 82.3 Å². The third kappa shape index (κ3) is 7.43. The molecule has 1 aliphatic rings. The van der Waals surface area contributed by atoms with Crippen LogP contribution in [0.25, 0.3) is 0 Å². The van der Waals surface area contributed by atoms with Gasteiger partial charge in [-0.2, -0.15) is 0 Å². The molecular formula is C26H27Cl2N3O6S2. The number of benzene rings is 3. The molecule has 3 aromatic carbocycles. The van der Waals surface area contributed by atoms with Gasteiger partial charge in [-0.1, -0.05) is 29.3 Å². The minimum atomic E-state index is -3.85. The average Bonchev–Trinajstić information content (AvgIpc) is 2.91. The SMILES string of the molecule is COc1ccc(NS(=O)(=O)c2ccc(NC(=O)[C@@H]3CCCN(S(=O)(=O)Cc4ccc(Cl)c(Cl)c4)C3)cc2)cc1. The van der Waals surface area contributed by atoms with Crippen LogP contribution in [-0.2, 0) is 30.6 Å². The molecule has 1 amide bonds. The van der Waals surface area contributed by atoms with Gasteiger partial charge in [-0.25, -0.2) is 21.1 Å². The highest BCUT2D eigenvalue weighted by molar-refractivity contribution is 7.92. The first-order valence-electron chi connectivity index (χ1n) is 12.0. The first kappa shape index (κ1) is 29.2. The molecular weight excluding hydrogens is 585 g/mol. The lowest BCUT2D eigenvalue weighted by Crippen LogP contribution is -2.44. The number of carbonyl (C=O) groups is 1. The van der Waals surface area contributed by atoms with Gasteiger partial charge in [0, 0.05) is 24.5 Å². The zero-order valence-corrected chi connectivity index (χ0v) is 24.1. The Morgan fingerprint density at radius 3 is 2.26 bits per heavy atom. The van der Waals surface area contributed by atoms with Gasteiger partial charge in [-0.3, -0.25) is 9.52 Å². The number of rotatable bonds is 9. The van der Waals surface area contributed by atoms with E-state index in [4.69, 9.17) is 27.9 Å². The monoisotopic (exact) mass is 611 g/mol. The highest BCUT2D eigenvalue weighted by Gasteiger charge is 2.32. The molecule has 0 aliphatic carbocycles. The maximum atomic E-state index is 13.0. The summed E-state index contributed by atoms with van der Waals surface area (Å²) in [5.41, 5.74) is 1.29. The normalized spacial score (nSPS) is 16.4. The Labute approximate surface area is 238 Å². The van der Waals surface area contributed by atoms with Crippen molar-refractivity contribution in [1.82, 2.24) is 4.31 Å². The number of hydrogen-bond donors (Lipinski definition) is 2. The van der Waals surface area contributed by atoms with Gasteiger partial charge in [0.25, 0.3) is 10.0 Å². The van der Waals surface area contributed by atoms with E-state index in [0.29, 0.717) is 47.1 Å². The summed E-state index contributed by atoms with van der Waals surface area (Å²) in [6.07, 6.45) is 1.07. The third-order valence-corrected chi connectivity index (χ3v) is 10.2. The summed E-state index contributed by atoms with van der Waals surface area (Å²) in [5.74, 6) is -0.541. The highest BCUT2D eigenvalue weighted by atomic mass is 35.5. The van der Waals surface area contributed by atoms with Gasteiger partial charge < -0.3 is 10.1 Å². The number of piperidine rings is 1. The van der Waals surface area contributed by atoms with E-state index in [1.165, 1.54) is 41.7 Å². The molecule has 1 saturated heterocycles. The topological polar surface area (TPSA) is 122 Å². The summed E-state index contributed by atoms with van der Waals surface area (Å²) in [6.45, 7) is 0.370. The fourth-order valence-electron chi connectivity index (χ4n) is 4.18. The smallest absolute Gasteiger partial charge is 0.261 e. The minimum Gasteiger partial charge on any atom is -0.497 e. The molecule has 1 fully saturated rings. The molecule has 4 rings (SSSR count). The first-order valence-corrected chi connectivity index (χ1v) is 15.8. The van der Waals surface area contributed by atoms with Crippen LogP contribution in [0.4, 0.5) is 11.4 Å². The third-order valence-electron chi connectivity index (χ3n) is 6.26. The lowest BCUT2D eigenvalue weighted by Gasteiger charge is -2.31. The van der Waals surface area contributed by atoms with Crippen LogP contribution in [0.5, 0.6) is 5.75 Å². The molecule has 0 bridgehead atoms. The summed E-state index contributed by atoms with van der Waals surface area (Å²) in [4.78, 5) is 13.0. The first-order chi connectivity index (χ1) is 18.5. The van der Waals surface area contributed by atoms with Crippen molar-refractivity contribution in [2.75, 3.05) is 30.2 Å². The zero-order valence-electron chi connectivity index (χ0n) is 20.9. The number of hydrogen-bond acceptors (Lipinski definition) is 6. The van der Waals surface area contributed by atoms with Crippen LogP contribution in [0.3, 0.4) is 0 Å². The number of methoxy groups -OCH3 is 1. The molecule has 9 nitrogen and oxygen atoms in total. The van der Waals surface area contributed by atoms with Crippen LogP contribution in [-0.4, -0.2) is 47.2 Å². The van der Waals surface area contributed by atoms with E-state index in [-0.39, 0.29) is 28.1 Å². The maximum absolute atomic E-state index is 13.0. The molecule has 1 heterocycles. The predicted molar refractivity (Wildman–Crippen MR) is 152 cm³/mol. The van der Waals surface area contributed by atoms with E-state index in [2.05, 4.69) is 10.0 Å². The Bertz CT molecular complexity index is 1550. The molecule has 208 valence electrons. The van der Waals surface area contributed by atoms with Gasteiger partial charge in [0.2, 0.25) is 15.9 Å². The van der Waals surface area contributed by atoms with Crippen LogP contribution in [0.15, 0.2) is 71.6 Å².